The Bertz CT molecular complexity index is 1290. The SMILES string of the molecule is COc1c(CC=C(C)C)c(O)cc2oc3cc(O)c4c(c3c(=O)c12)CC(C(C)(C)O)O4. The Morgan fingerprint density at radius 1 is 1.19 bits per heavy atom. The average Bonchev–Trinajstić information content (AvgIpc) is 3.12. The molecule has 1 unspecified atom stereocenters. The van der Waals surface area contributed by atoms with Crippen LogP contribution in [0.3, 0.4) is 0 Å². The first kappa shape index (κ1) is 21.1. The van der Waals surface area contributed by atoms with Gasteiger partial charge in [0, 0.05) is 29.7 Å². The Hall–Kier alpha value is -3.19. The fraction of sp³-hybridized carbons (Fsp3) is 0.375. The number of hydrogen-bond acceptors (Lipinski definition) is 7. The molecule has 1 aliphatic rings. The van der Waals surface area contributed by atoms with Crippen molar-refractivity contribution < 1.29 is 29.2 Å². The van der Waals surface area contributed by atoms with Gasteiger partial charge < -0.3 is 29.2 Å². The van der Waals surface area contributed by atoms with E-state index in [1.54, 1.807) is 13.8 Å². The normalized spacial score (nSPS) is 15.7. The van der Waals surface area contributed by atoms with Crippen LogP contribution in [0.15, 0.2) is 33.0 Å². The van der Waals surface area contributed by atoms with Crippen LogP contribution in [-0.2, 0) is 12.8 Å². The Labute approximate surface area is 179 Å². The van der Waals surface area contributed by atoms with Crippen molar-refractivity contribution in [3.8, 4) is 23.0 Å². The summed E-state index contributed by atoms with van der Waals surface area (Å²) in [6.07, 6.45) is 1.95. The summed E-state index contributed by atoms with van der Waals surface area (Å²) in [5, 5.41) is 31.9. The van der Waals surface area contributed by atoms with Crippen LogP contribution in [0.25, 0.3) is 21.9 Å². The number of benzene rings is 2. The fourth-order valence-electron chi connectivity index (χ4n) is 4.03. The Morgan fingerprint density at radius 3 is 2.45 bits per heavy atom. The van der Waals surface area contributed by atoms with Crippen molar-refractivity contribution in [3.05, 3.63) is 45.1 Å². The highest BCUT2D eigenvalue weighted by Crippen LogP contribution is 2.45. The van der Waals surface area contributed by atoms with Gasteiger partial charge in [0.1, 0.15) is 34.2 Å². The second kappa shape index (κ2) is 7.20. The number of aromatic hydroxyl groups is 2. The first-order valence-corrected chi connectivity index (χ1v) is 10.1. The Balaban J connectivity index is 2.06. The molecule has 0 saturated heterocycles. The molecule has 7 nitrogen and oxygen atoms in total. The molecule has 4 rings (SSSR count). The number of allylic oxidation sites excluding steroid dienone is 2. The van der Waals surface area contributed by atoms with E-state index in [0.29, 0.717) is 17.5 Å². The molecule has 0 bridgehead atoms. The Kier molecular flexibility index (Phi) is 4.89. The Morgan fingerprint density at radius 2 is 1.84 bits per heavy atom. The van der Waals surface area contributed by atoms with E-state index in [2.05, 4.69) is 0 Å². The quantitative estimate of drug-likeness (QED) is 0.428. The molecule has 2 heterocycles. The highest BCUT2D eigenvalue weighted by molar-refractivity contribution is 5.98. The zero-order valence-corrected chi connectivity index (χ0v) is 18.2. The minimum absolute atomic E-state index is 0.0415. The van der Waals surface area contributed by atoms with Crippen LogP contribution < -0.4 is 14.9 Å². The van der Waals surface area contributed by atoms with Gasteiger partial charge in [0.15, 0.2) is 11.5 Å². The number of fused-ring (bicyclic) bond motifs is 4. The highest BCUT2D eigenvalue weighted by atomic mass is 16.5. The lowest BCUT2D eigenvalue weighted by atomic mass is 9.94. The summed E-state index contributed by atoms with van der Waals surface area (Å²) < 4.78 is 17.3. The van der Waals surface area contributed by atoms with Crippen molar-refractivity contribution in [3.63, 3.8) is 0 Å². The second-order valence-corrected chi connectivity index (χ2v) is 8.74. The van der Waals surface area contributed by atoms with Gasteiger partial charge in [-0.2, -0.15) is 0 Å². The maximum atomic E-state index is 13.7. The van der Waals surface area contributed by atoms with Gasteiger partial charge in [-0.3, -0.25) is 4.79 Å². The lowest BCUT2D eigenvalue weighted by Crippen LogP contribution is -2.39. The third-order valence-corrected chi connectivity index (χ3v) is 5.68. The molecule has 1 atom stereocenters. The summed E-state index contributed by atoms with van der Waals surface area (Å²) in [5.41, 5.74) is 0.855. The number of hydrogen-bond donors (Lipinski definition) is 3. The van der Waals surface area contributed by atoms with Crippen LogP contribution >= 0.6 is 0 Å². The molecule has 2 aromatic carbocycles. The molecule has 7 heteroatoms. The lowest BCUT2D eigenvalue weighted by Gasteiger charge is -2.24. The molecule has 3 N–H and O–H groups in total. The van der Waals surface area contributed by atoms with Crippen LogP contribution in [0.2, 0.25) is 0 Å². The van der Waals surface area contributed by atoms with Crippen LogP contribution in [0.4, 0.5) is 0 Å². The number of aliphatic hydroxyl groups is 1. The summed E-state index contributed by atoms with van der Waals surface area (Å²) in [4.78, 5) is 13.7. The van der Waals surface area contributed by atoms with Crippen LogP contribution in [-0.4, -0.2) is 34.1 Å². The van der Waals surface area contributed by atoms with Crippen molar-refractivity contribution in [1.29, 1.82) is 0 Å². The van der Waals surface area contributed by atoms with Gasteiger partial charge in [0.2, 0.25) is 5.43 Å². The first-order valence-electron chi connectivity index (χ1n) is 10.1. The van der Waals surface area contributed by atoms with Gasteiger partial charge in [0.25, 0.3) is 0 Å². The van der Waals surface area contributed by atoms with Crippen LogP contribution in [0.1, 0.15) is 38.8 Å². The van der Waals surface area contributed by atoms with E-state index in [1.807, 2.05) is 19.9 Å². The molecule has 1 aliphatic heterocycles. The van der Waals surface area contributed by atoms with E-state index >= 15 is 0 Å². The maximum Gasteiger partial charge on any atom is 0.204 e. The van der Waals surface area contributed by atoms with Crippen molar-refractivity contribution in [1.82, 2.24) is 0 Å². The fourth-order valence-corrected chi connectivity index (χ4v) is 4.03. The summed E-state index contributed by atoms with van der Waals surface area (Å²) in [6, 6.07) is 2.72. The molecular formula is C24H26O7. The molecule has 0 radical (unpaired) electrons. The van der Waals surface area contributed by atoms with E-state index in [0.717, 1.165) is 5.57 Å². The molecule has 0 fully saturated rings. The van der Waals surface area contributed by atoms with E-state index in [1.165, 1.54) is 19.2 Å². The monoisotopic (exact) mass is 426 g/mol. The number of phenolic OH excluding ortho intramolecular Hbond substituents is 2. The van der Waals surface area contributed by atoms with Gasteiger partial charge in [-0.1, -0.05) is 11.6 Å². The van der Waals surface area contributed by atoms with E-state index in [9.17, 15) is 20.1 Å². The molecule has 0 saturated carbocycles. The van der Waals surface area contributed by atoms with Gasteiger partial charge in [-0.25, -0.2) is 0 Å². The first-order chi connectivity index (χ1) is 14.5. The second-order valence-electron chi connectivity index (χ2n) is 8.74. The largest absolute Gasteiger partial charge is 0.507 e. The maximum absolute atomic E-state index is 13.7. The van der Waals surface area contributed by atoms with Gasteiger partial charge >= 0.3 is 0 Å². The third-order valence-electron chi connectivity index (χ3n) is 5.68. The number of phenols is 2. The number of ether oxygens (including phenoxy) is 2. The minimum atomic E-state index is -1.17. The topological polar surface area (TPSA) is 109 Å². The van der Waals surface area contributed by atoms with Crippen molar-refractivity contribution in [2.24, 2.45) is 0 Å². The molecule has 0 aliphatic carbocycles. The zero-order valence-electron chi connectivity index (χ0n) is 18.2. The predicted molar refractivity (Wildman–Crippen MR) is 117 cm³/mol. The van der Waals surface area contributed by atoms with E-state index in [-0.39, 0.29) is 56.8 Å². The van der Waals surface area contributed by atoms with Crippen molar-refractivity contribution in [2.45, 2.75) is 52.2 Å². The summed E-state index contributed by atoms with van der Waals surface area (Å²) in [5.74, 6) is 0.213. The van der Waals surface area contributed by atoms with Gasteiger partial charge in [0.05, 0.1) is 18.1 Å². The average molecular weight is 426 g/mol. The smallest absolute Gasteiger partial charge is 0.204 e. The highest BCUT2D eigenvalue weighted by Gasteiger charge is 2.38. The van der Waals surface area contributed by atoms with Gasteiger partial charge in [-0.15, -0.1) is 0 Å². The van der Waals surface area contributed by atoms with Crippen molar-refractivity contribution >= 4 is 21.9 Å². The summed E-state index contributed by atoms with van der Waals surface area (Å²) in [7, 11) is 1.44. The molecule has 0 spiro atoms. The zero-order chi connectivity index (χ0) is 22.7. The molecular weight excluding hydrogens is 400 g/mol. The predicted octanol–water partition coefficient (Wildman–Crippen LogP) is 3.95. The van der Waals surface area contributed by atoms with E-state index in [4.69, 9.17) is 13.9 Å². The van der Waals surface area contributed by atoms with Crippen molar-refractivity contribution in [2.75, 3.05) is 7.11 Å². The minimum Gasteiger partial charge on any atom is -0.507 e. The number of rotatable bonds is 4. The summed E-state index contributed by atoms with van der Waals surface area (Å²) >= 11 is 0. The molecule has 1 aromatic heterocycles. The molecule has 0 amide bonds. The third kappa shape index (κ3) is 3.39. The van der Waals surface area contributed by atoms with Gasteiger partial charge in [-0.05, 0) is 34.1 Å². The summed E-state index contributed by atoms with van der Waals surface area (Å²) in [6.45, 7) is 7.12. The van der Waals surface area contributed by atoms with E-state index < -0.39 is 11.7 Å². The molecule has 3 aromatic rings. The van der Waals surface area contributed by atoms with Crippen LogP contribution in [0, 0.1) is 0 Å². The number of methoxy groups -OCH3 is 1. The molecule has 164 valence electrons. The standard InChI is InChI=1S/C24H26O7/c1-11(2)6-7-12-14(25)9-17-20(23(12)29-5)21(27)19-13-8-18(24(3,4)28)31-22(13)15(26)10-16(19)30-17/h6,9-10,18,25-26,28H,7-8H2,1-5H3. The lowest BCUT2D eigenvalue weighted by molar-refractivity contribution is -0.0235. The molecule has 31 heavy (non-hydrogen) atoms. The van der Waals surface area contributed by atoms with Crippen LogP contribution in [0.5, 0.6) is 23.0 Å².